The highest BCUT2D eigenvalue weighted by Crippen LogP contribution is 2.24. The highest BCUT2D eigenvalue weighted by Gasteiger charge is 2.43. The third kappa shape index (κ3) is 3.80. The summed E-state index contributed by atoms with van der Waals surface area (Å²) in [5, 5.41) is 68.8. The molecule has 24 heavy (non-hydrogen) atoms. The first kappa shape index (κ1) is 18.5. The average molecular weight is 346 g/mol. The maximum atomic E-state index is 11.1. The molecule has 8 N–H and O–H groups in total. The Balaban J connectivity index is 2.27. The van der Waals surface area contributed by atoms with Crippen molar-refractivity contribution in [3.05, 3.63) is 29.0 Å². The third-order valence-electron chi connectivity index (χ3n) is 3.63. The van der Waals surface area contributed by atoms with E-state index in [0.29, 0.717) is 0 Å². The first-order valence-corrected chi connectivity index (χ1v) is 6.93. The number of anilines is 1. The molecule has 0 radical (unpaired) electrons. The van der Waals surface area contributed by atoms with Crippen molar-refractivity contribution in [1.29, 1.82) is 0 Å². The number of hydrogen-bond donors (Lipinski definition) is 8. The molecule has 6 atom stereocenters. The van der Waals surface area contributed by atoms with Crippen LogP contribution < -0.4 is 10.5 Å². The van der Waals surface area contributed by atoms with Crippen LogP contribution in [0.1, 0.15) is 10.4 Å². The summed E-state index contributed by atoms with van der Waals surface area (Å²) in [6.07, 6.45) is -7.20. The molecular formula is C13H18N2O9. The predicted octanol–water partition coefficient (Wildman–Crippen LogP) is -3.00. The van der Waals surface area contributed by atoms with Gasteiger partial charge in [0.15, 0.2) is 11.9 Å². The fourth-order valence-electron chi connectivity index (χ4n) is 2.34. The fourth-order valence-corrected chi connectivity index (χ4v) is 2.34. The highest BCUT2D eigenvalue weighted by molar-refractivity contribution is 5.89. The van der Waals surface area contributed by atoms with Gasteiger partial charge in [0, 0.05) is 17.8 Å². The number of aliphatic hydroxyl groups excluding tert-OH is 4. The second-order valence-corrected chi connectivity index (χ2v) is 5.30. The number of quaternary nitrogens is 1. The molecule has 11 nitrogen and oxygen atoms in total. The van der Waals surface area contributed by atoms with Gasteiger partial charge in [-0.2, -0.15) is 5.23 Å². The molecule has 0 saturated carbocycles. The fraction of sp³-hybridized carbons (Fsp3) is 0.462. The lowest BCUT2D eigenvalue weighted by atomic mass is 9.98. The molecule has 1 heterocycles. The summed E-state index contributed by atoms with van der Waals surface area (Å²) in [5.74, 6) is -1.35. The van der Waals surface area contributed by atoms with Crippen molar-refractivity contribution < 1.29 is 45.5 Å². The van der Waals surface area contributed by atoms with E-state index in [0.717, 1.165) is 18.2 Å². The number of nitrogens with one attached hydrogen (secondary N) is 2. The standard InChI is InChI=1S/C13H18N2O9/c16-4-8-9(17)10(18)11(19)12(24-8)14-6-1-5(13(20)21)2-7(3-6)15(22)23/h1-3,8-12,14-19,22H,4H2,(H,20,21)/t8-,9+,10+,11+,12+/m0/s1. The maximum Gasteiger partial charge on any atom is 0.335 e. The van der Waals surface area contributed by atoms with Crippen molar-refractivity contribution >= 4 is 17.3 Å². The molecule has 1 aliphatic rings. The van der Waals surface area contributed by atoms with Gasteiger partial charge in [0.2, 0.25) is 0 Å². The zero-order valence-corrected chi connectivity index (χ0v) is 12.2. The van der Waals surface area contributed by atoms with Crippen molar-refractivity contribution in [2.75, 3.05) is 11.9 Å². The van der Waals surface area contributed by atoms with Crippen molar-refractivity contribution in [1.82, 2.24) is 0 Å². The molecule has 0 bridgehead atoms. The van der Waals surface area contributed by atoms with Gasteiger partial charge in [-0.15, -0.1) is 0 Å². The van der Waals surface area contributed by atoms with E-state index in [9.17, 15) is 25.3 Å². The lowest BCUT2D eigenvalue weighted by Gasteiger charge is -2.40. The smallest absolute Gasteiger partial charge is 0.335 e. The van der Waals surface area contributed by atoms with Crippen LogP contribution >= 0.6 is 0 Å². The van der Waals surface area contributed by atoms with E-state index >= 15 is 0 Å². The third-order valence-corrected chi connectivity index (χ3v) is 3.63. The van der Waals surface area contributed by atoms with E-state index in [1.54, 1.807) is 0 Å². The van der Waals surface area contributed by atoms with Crippen LogP contribution in [-0.2, 0) is 4.74 Å². The van der Waals surface area contributed by atoms with Gasteiger partial charge in [0.05, 0.1) is 12.2 Å². The Morgan fingerprint density at radius 2 is 1.88 bits per heavy atom. The maximum absolute atomic E-state index is 11.1. The highest BCUT2D eigenvalue weighted by atomic mass is 16.8. The van der Waals surface area contributed by atoms with Gasteiger partial charge in [-0.3, -0.25) is 0 Å². The van der Waals surface area contributed by atoms with Crippen LogP contribution in [-0.4, -0.2) is 74.0 Å². The Bertz CT molecular complexity index is 595. The summed E-state index contributed by atoms with van der Waals surface area (Å²) < 4.78 is 5.22. The van der Waals surface area contributed by atoms with Crippen LogP contribution in [0.5, 0.6) is 0 Å². The van der Waals surface area contributed by atoms with E-state index in [4.69, 9.17) is 20.2 Å². The molecule has 1 unspecified atom stereocenters. The predicted molar refractivity (Wildman–Crippen MR) is 76.6 cm³/mol. The minimum absolute atomic E-state index is 0.0108. The quantitative estimate of drug-likeness (QED) is 0.255. The Labute approximate surface area is 135 Å². The van der Waals surface area contributed by atoms with Crippen LogP contribution in [0.25, 0.3) is 0 Å². The minimum atomic E-state index is -1.62. The monoisotopic (exact) mass is 346 g/mol. The second-order valence-electron chi connectivity index (χ2n) is 5.30. The van der Waals surface area contributed by atoms with Crippen LogP contribution in [0, 0.1) is 5.21 Å². The molecular weight excluding hydrogens is 328 g/mol. The lowest BCUT2D eigenvalue weighted by molar-refractivity contribution is -0.991. The van der Waals surface area contributed by atoms with Crippen LogP contribution in [0.4, 0.5) is 11.4 Å². The molecule has 11 heteroatoms. The number of aliphatic hydroxyl groups is 4. The summed E-state index contributed by atoms with van der Waals surface area (Å²) in [4.78, 5) is 11.1. The summed E-state index contributed by atoms with van der Waals surface area (Å²) in [7, 11) is 0. The molecule has 1 aromatic rings. The average Bonchev–Trinajstić information content (AvgIpc) is 2.55. The normalized spacial score (nSPS) is 31.5. The largest absolute Gasteiger partial charge is 0.595 e. The number of hydrogen-bond acceptors (Lipinski definition) is 9. The second kappa shape index (κ2) is 7.38. The molecule has 1 fully saturated rings. The van der Waals surface area contributed by atoms with E-state index in [1.807, 2.05) is 0 Å². The number of aromatic carboxylic acids is 1. The zero-order valence-electron chi connectivity index (χ0n) is 12.2. The summed E-state index contributed by atoms with van der Waals surface area (Å²) in [6, 6.07) is 3.20. The molecule has 1 aromatic carbocycles. The van der Waals surface area contributed by atoms with Gasteiger partial charge in [-0.1, -0.05) is 0 Å². The summed E-state index contributed by atoms with van der Waals surface area (Å²) in [5.41, 5.74) is -0.597. The molecule has 0 aromatic heterocycles. The van der Waals surface area contributed by atoms with Gasteiger partial charge in [-0.05, 0) is 6.07 Å². The first-order valence-electron chi connectivity index (χ1n) is 6.93. The van der Waals surface area contributed by atoms with E-state index in [2.05, 4.69) is 5.32 Å². The van der Waals surface area contributed by atoms with E-state index < -0.39 is 48.4 Å². The molecule has 0 spiro atoms. The number of carboxylic acid groups (broad SMARTS) is 1. The first-order chi connectivity index (χ1) is 11.2. The molecule has 134 valence electrons. The van der Waals surface area contributed by atoms with Crippen molar-refractivity contribution in [3.63, 3.8) is 0 Å². The number of rotatable bonds is 5. The number of ether oxygens (including phenoxy) is 1. The van der Waals surface area contributed by atoms with Crippen molar-refractivity contribution in [2.24, 2.45) is 0 Å². The van der Waals surface area contributed by atoms with Gasteiger partial charge >= 0.3 is 5.97 Å². The molecule has 0 aliphatic carbocycles. The van der Waals surface area contributed by atoms with Crippen LogP contribution in [0.2, 0.25) is 0 Å². The zero-order chi connectivity index (χ0) is 18.0. The Hall–Kier alpha value is -1.83. The van der Waals surface area contributed by atoms with E-state index in [-0.39, 0.29) is 16.9 Å². The van der Waals surface area contributed by atoms with Crippen molar-refractivity contribution in [3.8, 4) is 0 Å². The number of carboxylic acids is 1. The summed E-state index contributed by atoms with van der Waals surface area (Å²) >= 11 is 0. The number of benzene rings is 1. The van der Waals surface area contributed by atoms with Gasteiger partial charge < -0.3 is 40.8 Å². The minimum Gasteiger partial charge on any atom is -0.595 e. The van der Waals surface area contributed by atoms with Gasteiger partial charge in [0.1, 0.15) is 24.4 Å². The number of carbonyl (C=O) groups is 1. The van der Waals surface area contributed by atoms with Gasteiger partial charge in [-0.25, -0.2) is 10.0 Å². The molecule has 2 rings (SSSR count). The lowest BCUT2D eigenvalue weighted by Crippen LogP contribution is -2.99. The molecule has 1 saturated heterocycles. The van der Waals surface area contributed by atoms with Crippen molar-refractivity contribution in [2.45, 2.75) is 30.6 Å². The topological polar surface area (TPSA) is 187 Å². The Morgan fingerprint density at radius 1 is 1.21 bits per heavy atom. The molecule has 0 amide bonds. The van der Waals surface area contributed by atoms with Crippen LogP contribution in [0.3, 0.4) is 0 Å². The van der Waals surface area contributed by atoms with Crippen LogP contribution in [0.15, 0.2) is 18.2 Å². The SMILES string of the molecule is O=C(O)c1cc(N[C@@H]2O[C@@H](CO)[C@@H](O)[C@@H](O)[C@H]2O)cc([NH+]([O-])O)c1. The van der Waals surface area contributed by atoms with E-state index in [1.165, 1.54) is 0 Å². The molecule has 1 aliphatic heterocycles. The van der Waals surface area contributed by atoms with Gasteiger partial charge in [0.25, 0.3) is 0 Å². The Kier molecular flexibility index (Phi) is 5.69. The summed E-state index contributed by atoms with van der Waals surface area (Å²) in [6.45, 7) is -0.626. The Morgan fingerprint density at radius 3 is 2.42 bits per heavy atom.